The Labute approximate surface area is 541 Å². The number of imidazole rings is 2. The molecule has 1 atom stereocenters. The van der Waals surface area contributed by atoms with Crippen LogP contribution in [0.4, 0.5) is 53.3 Å². The molecule has 10 rings (SSSR count). The van der Waals surface area contributed by atoms with E-state index in [1.165, 1.54) is 0 Å². The lowest BCUT2D eigenvalue weighted by atomic mass is 9.95. The van der Waals surface area contributed by atoms with E-state index in [1.54, 1.807) is 67.7 Å². The maximum Gasteiger partial charge on any atom is 0.232 e. The minimum absolute atomic E-state index is 0.00622. The van der Waals surface area contributed by atoms with Gasteiger partial charge in [-0.2, -0.15) is 29.9 Å². The molecule has 0 spiro atoms. The molecular formula is C67H74F4N16O7. The molecule has 94 heavy (non-hydrogen) atoms. The van der Waals surface area contributed by atoms with Crippen molar-refractivity contribution in [3.05, 3.63) is 208 Å². The molecule has 0 bridgehead atoms. The molecule has 0 aliphatic rings. The van der Waals surface area contributed by atoms with Crippen molar-refractivity contribution in [3.63, 3.8) is 0 Å². The van der Waals surface area contributed by atoms with Crippen LogP contribution in [0.3, 0.4) is 0 Å². The van der Waals surface area contributed by atoms with Crippen molar-refractivity contribution < 1.29 is 50.7 Å². The van der Waals surface area contributed by atoms with E-state index in [0.29, 0.717) is 111 Å². The predicted molar refractivity (Wildman–Crippen MR) is 350 cm³/mol. The molecule has 4 aromatic heterocycles. The summed E-state index contributed by atoms with van der Waals surface area (Å²) in [5.74, 6) is 3.90. The van der Waals surface area contributed by atoms with Gasteiger partial charge in [0.1, 0.15) is 40.5 Å². The summed E-state index contributed by atoms with van der Waals surface area (Å²) < 4.78 is 95.7. The van der Waals surface area contributed by atoms with E-state index in [4.69, 9.17) is 43.1 Å². The maximum absolute atomic E-state index is 14.8. The number of halogens is 4. The van der Waals surface area contributed by atoms with Crippen LogP contribution in [0, 0.1) is 23.3 Å². The van der Waals surface area contributed by atoms with Crippen LogP contribution in [-0.4, -0.2) is 125 Å². The smallest absolute Gasteiger partial charge is 0.232 e. The third-order valence-corrected chi connectivity index (χ3v) is 14.7. The van der Waals surface area contributed by atoms with Crippen molar-refractivity contribution in [3.8, 4) is 40.2 Å². The van der Waals surface area contributed by atoms with Crippen LogP contribution in [-0.2, 0) is 38.8 Å². The van der Waals surface area contributed by atoms with Crippen molar-refractivity contribution in [1.82, 2.24) is 49.8 Å². The van der Waals surface area contributed by atoms with Crippen LogP contribution in [0.25, 0.3) is 0 Å². The van der Waals surface area contributed by atoms with Gasteiger partial charge in [-0.1, -0.05) is 24.3 Å². The van der Waals surface area contributed by atoms with E-state index in [2.05, 4.69) is 71.4 Å². The van der Waals surface area contributed by atoms with E-state index in [-0.39, 0.29) is 42.1 Å². The highest BCUT2D eigenvalue weighted by atomic mass is 19.1. The molecule has 0 aliphatic heterocycles. The van der Waals surface area contributed by atoms with E-state index in [9.17, 15) is 17.6 Å². The number of anilines is 6. The minimum atomic E-state index is -0.560. The first-order valence-corrected chi connectivity index (χ1v) is 30.0. The number of ether oxygens (including phenoxy) is 7. The van der Waals surface area contributed by atoms with Crippen LogP contribution in [0.1, 0.15) is 57.7 Å². The molecule has 23 nitrogen and oxygen atoms in total. The van der Waals surface area contributed by atoms with Crippen LogP contribution in [0.5, 0.6) is 40.2 Å². The highest BCUT2D eigenvalue weighted by Crippen LogP contribution is 2.40. The zero-order valence-corrected chi connectivity index (χ0v) is 53.0. The number of aromatic nitrogens is 10. The minimum Gasteiger partial charge on any atom is -0.497 e. The average Bonchev–Trinajstić information content (AvgIpc) is 0.881. The Hall–Kier alpha value is -11.1. The fraction of sp³-hybridized carbons (Fsp3) is 0.284. The Kier molecular flexibility index (Phi) is 24.2. The van der Waals surface area contributed by atoms with Gasteiger partial charge in [0.25, 0.3) is 0 Å². The molecule has 0 amide bonds. The number of benzene rings is 6. The number of methoxy groups -OCH3 is 6. The molecule has 6 aromatic carbocycles. The van der Waals surface area contributed by atoms with Gasteiger partial charge in [-0.3, -0.25) is 0 Å². The zero-order chi connectivity index (χ0) is 66.2. The molecule has 10 aromatic rings. The Morgan fingerprint density at radius 3 is 1.39 bits per heavy atom. The predicted octanol–water partition coefficient (Wildman–Crippen LogP) is 11.2. The number of hydrogen-bond acceptors (Lipinski definition) is 21. The van der Waals surface area contributed by atoms with Crippen molar-refractivity contribution >= 4 is 35.7 Å². The lowest BCUT2D eigenvalue weighted by Crippen LogP contribution is -2.34. The summed E-state index contributed by atoms with van der Waals surface area (Å²) in [5.41, 5.74) is 5.88. The van der Waals surface area contributed by atoms with Crippen molar-refractivity contribution in [1.29, 1.82) is 0 Å². The maximum atomic E-state index is 14.8. The number of hydrogen-bond donors (Lipinski definition) is 7. The lowest BCUT2D eigenvalue weighted by Gasteiger charge is -2.34. The monoisotopic (exact) mass is 1290 g/mol. The fourth-order valence-corrected chi connectivity index (χ4v) is 9.90. The first-order valence-electron chi connectivity index (χ1n) is 30.0. The SMILES string of the molecule is CCOc1ccc(C(c2ccc(OC)cc2OC)N(CCc2ccc(OC)c(OC)c2)c2nc(NCCc3cnc[nH]3)nc(NCc3cc(F)ccc3F)n2)cc1.COc1ccc(CCNc2nc(NCCc3cnc[nH]3)nc(NCc3cc(F)ccc3F)n2)cc1OC. The molecule has 492 valence electrons. The summed E-state index contributed by atoms with van der Waals surface area (Å²) in [6, 6.07) is 31.1. The second-order valence-corrected chi connectivity index (χ2v) is 20.8. The zero-order valence-electron chi connectivity index (χ0n) is 53.0. The van der Waals surface area contributed by atoms with E-state index in [1.807, 2.05) is 85.8 Å². The first kappa shape index (κ1) is 67.3. The number of rotatable bonds is 33. The van der Waals surface area contributed by atoms with Gasteiger partial charge in [-0.15, -0.1) is 0 Å². The third kappa shape index (κ3) is 18.8. The summed E-state index contributed by atoms with van der Waals surface area (Å²) in [5, 5.41) is 15.7. The van der Waals surface area contributed by atoms with Crippen molar-refractivity contribution in [2.24, 2.45) is 0 Å². The Bertz CT molecular complexity index is 4010. The molecule has 4 heterocycles. The second kappa shape index (κ2) is 33.8. The van der Waals surface area contributed by atoms with Crippen LogP contribution < -0.4 is 64.6 Å². The highest BCUT2D eigenvalue weighted by molar-refractivity contribution is 5.55. The molecule has 0 fully saturated rings. The molecule has 0 aliphatic carbocycles. The second-order valence-electron chi connectivity index (χ2n) is 20.8. The number of nitrogens with one attached hydrogen (secondary N) is 7. The Balaban J connectivity index is 0.000000242. The molecule has 7 N–H and O–H groups in total. The summed E-state index contributed by atoms with van der Waals surface area (Å²) in [6.07, 6.45) is 9.23. The average molecular weight is 1290 g/mol. The quantitative estimate of drug-likeness (QED) is 0.0189. The summed E-state index contributed by atoms with van der Waals surface area (Å²) in [4.78, 5) is 44.1. The van der Waals surface area contributed by atoms with E-state index < -0.39 is 29.3 Å². The van der Waals surface area contributed by atoms with Gasteiger partial charge in [-0.25, -0.2) is 27.5 Å². The first-order chi connectivity index (χ1) is 45.8. The Morgan fingerprint density at radius 2 is 0.915 bits per heavy atom. The largest absolute Gasteiger partial charge is 0.497 e. The standard InChI is InChI=1S/C42H46F2N8O5.C25H28F2N8O2/c1-6-57-32-11-8-28(9-12-32)39(34-14-13-33(53-2)23-37(34)55-4)52(20-18-27-7-16-36(54-3)38(21-27)56-5)42-50-40(46-19-17-31-25-45-26-48-31)49-41(51-42)47-24-29-22-30(43)10-15-35(29)44;1-36-21-6-3-16(11-22(21)37-2)7-9-29-23-33-24(30-10-8-19-14-28-15-32-19)35-25(34-23)31-13-17-12-18(26)4-5-20(17)27/h7-16,21-23,25-26,39H,6,17-20,24H2,1-5H3,(H,45,48)(H2,46,47,49,50,51);3-6,11-12,14-15H,7-10,13H2,1-2H3,(H,28,32)(H3,29,30,31,33,34,35). The van der Waals surface area contributed by atoms with Gasteiger partial charge < -0.3 is 74.6 Å². The van der Waals surface area contributed by atoms with Gasteiger partial charge in [0.2, 0.25) is 35.7 Å². The van der Waals surface area contributed by atoms with E-state index in [0.717, 1.165) is 75.8 Å². The molecule has 0 radical (unpaired) electrons. The van der Waals surface area contributed by atoms with Gasteiger partial charge >= 0.3 is 0 Å². The van der Waals surface area contributed by atoms with Crippen LogP contribution in [0.15, 0.2) is 140 Å². The van der Waals surface area contributed by atoms with Gasteiger partial charge in [0.05, 0.1) is 68.0 Å². The normalized spacial score (nSPS) is 11.1. The molecule has 0 saturated carbocycles. The van der Waals surface area contributed by atoms with Crippen molar-refractivity contribution in [2.45, 2.75) is 51.7 Å². The van der Waals surface area contributed by atoms with Gasteiger partial charge in [-0.05, 0) is 121 Å². The lowest BCUT2D eigenvalue weighted by molar-refractivity contribution is 0.340. The van der Waals surface area contributed by atoms with Crippen LogP contribution in [0.2, 0.25) is 0 Å². The van der Waals surface area contributed by atoms with Gasteiger partial charge in [0, 0.05) is 98.6 Å². The summed E-state index contributed by atoms with van der Waals surface area (Å²) >= 11 is 0. The van der Waals surface area contributed by atoms with E-state index >= 15 is 0 Å². The molecular weight excluding hydrogens is 1220 g/mol. The number of aromatic amines is 2. The van der Waals surface area contributed by atoms with Gasteiger partial charge in [0.15, 0.2) is 23.0 Å². The summed E-state index contributed by atoms with van der Waals surface area (Å²) in [7, 11) is 9.59. The summed E-state index contributed by atoms with van der Waals surface area (Å²) in [6.45, 7) is 4.31. The molecule has 0 saturated heterocycles. The Morgan fingerprint density at radius 1 is 0.447 bits per heavy atom. The topological polar surface area (TPSA) is 263 Å². The fourth-order valence-electron chi connectivity index (χ4n) is 9.90. The highest BCUT2D eigenvalue weighted by Gasteiger charge is 2.30. The molecule has 27 heteroatoms. The molecule has 1 unspecified atom stereocenters. The number of H-pyrrole nitrogens is 2. The number of nitrogens with zero attached hydrogens (tertiary/aromatic N) is 9. The van der Waals surface area contributed by atoms with Crippen molar-refractivity contribution in [2.75, 3.05) is 107 Å². The van der Waals surface area contributed by atoms with Crippen LogP contribution >= 0.6 is 0 Å². The third-order valence-electron chi connectivity index (χ3n) is 14.7.